The highest BCUT2D eigenvalue weighted by Gasteiger charge is 2.44. The lowest BCUT2D eigenvalue weighted by atomic mass is 9.86. The zero-order chi connectivity index (χ0) is 26.3. The molecule has 0 aromatic heterocycles. The fourth-order valence-electron chi connectivity index (χ4n) is 5.95. The van der Waals surface area contributed by atoms with Crippen LogP contribution in [-0.2, 0) is 16.0 Å². The Morgan fingerprint density at radius 3 is 2.78 bits per heavy atom. The van der Waals surface area contributed by atoms with Crippen LogP contribution in [0.15, 0.2) is 47.5 Å². The molecule has 5 atom stereocenters. The molecule has 196 valence electrons. The molecular weight excluding hydrogens is 468 g/mol. The van der Waals surface area contributed by atoms with Crippen LogP contribution in [0.1, 0.15) is 72.7 Å². The summed E-state index contributed by atoms with van der Waals surface area (Å²) in [4.78, 5) is 33.2. The van der Waals surface area contributed by atoms with E-state index in [9.17, 15) is 9.59 Å². The van der Waals surface area contributed by atoms with Crippen LogP contribution in [0.3, 0.4) is 0 Å². The van der Waals surface area contributed by atoms with E-state index in [4.69, 9.17) is 20.2 Å². The van der Waals surface area contributed by atoms with Crippen molar-refractivity contribution in [2.75, 3.05) is 20.3 Å². The van der Waals surface area contributed by atoms with Gasteiger partial charge in [-0.2, -0.15) is 0 Å². The first-order chi connectivity index (χ1) is 17.7. The van der Waals surface area contributed by atoms with Gasteiger partial charge in [0.15, 0.2) is 5.96 Å². The number of amides is 2. The van der Waals surface area contributed by atoms with Gasteiger partial charge >= 0.3 is 0 Å². The van der Waals surface area contributed by atoms with E-state index in [0.29, 0.717) is 36.9 Å². The molecule has 5 rings (SSSR count). The van der Waals surface area contributed by atoms with Crippen molar-refractivity contribution in [3.8, 4) is 5.75 Å². The van der Waals surface area contributed by atoms with Gasteiger partial charge in [0.25, 0.3) is 5.91 Å². The van der Waals surface area contributed by atoms with Crippen LogP contribution in [0.4, 0.5) is 0 Å². The molecule has 2 aromatic rings. The maximum Gasteiger partial charge on any atom is 0.251 e. The van der Waals surface area contributed by atoms with E-state index in [1.54, 1.807) is 18.1 Å². The van der Waals surface area contributed by atoms with Gasteiger partial charge < -0.3 is 20.5 Å². The van der Waals surface area contributed by atoms with Crippen LogP contribution < -0.4 is 15.8 Å². The van der Waals surface area contributed by atoms with E-state index in [-0.39, 0.29) is 36.2 Å². The molecule has 2 aromatic carbocycles. The Kier molecular flexibility index (Phi) is 6.70. The summed E-state index contributed by atoms with van der Waals surface area (Å²) in [6.07, 6.45) is 1.92. The number of nitrogens with one attached hydrogen (secondary N) is 1. The number of fused-ring (bicyclic) bond motifs is 2. The molecule has 0 spiro atoms. The predicted molar refractivity (Wildman–Crippen MR) is 141 cm³/mol. The molecule has 8 heteroatoms. The summed E-state index contributed by atoms with van der Waals surface area (Å²) in [7, 11) is 1.63. The number of hydrogen-bond acceptors (Lipinski definition) is 6. The largest absolute Gasteiger partial charge is 0.493 e. The molecular formula is C29H36N4O4. The third kappa shape index (κ3) is 4.59. The van der Waals surface area contributed by atoms with Crippen LogP contribution in [0.2, 0.25) is 0 Å². The number of guanidine groups is 1. The molecule has 37 heavy (non-hydrogen) atoms. The van der Waals surface area contributed by atoms with E-state index >= 15 is 0 Å². The van der Waals surface area contributed by atoms with Gasteiger partial charge in [0.1, 0.15) is 5.75 Å². The van der Waals surface area contributed by atoms with Crippen molar-refractivity contribution in [1.82, 2.24) is 10.2 Å². The van der Waals surface area contributed by atoms with Gasteiger partial charge in [-0.05, 0) is 55.0 Å². The average molecular weight is 505 g/mol. The average Bonchev–Trinajstić information content (AvgIpc) is 3.19. The monoisotopic (exact) mass is 504 g/mol. The summed E-state index contributed by atoms with van der Waals surface area (Å²) >= 11 is 0. The first-order valence-electron chi connectivity index (χ1n) is 13.1. The minimum Gasteiger partial charge on any atom is -0.493 e. The molecule has 0 saturated carbocycles. The Labute approximate surface area is 218 Å². The summed E-state index contributed by atoms with van der Waals surface area (Å²) in [5.74, 6) is 0.733. The number of aliphatic imine (C=N–C) groups is 1. The molecule has 2 aliphatic heterocycles. The van der Waals surface area contributed by atoms with Gasteiger partial charge in [-0.15, -0.1) is 0 Å². The number of nitrogens with zero attached hydrogens (tertiary/aromatic N) is 2. The number of benzene rings is 2. The van der Waals surface area contributed by atoms with Gasteiger partial charge in [0.05, 0.1) is 37.3 Å². The van der Waals surface area contributed by atoms with Crippen molar-refractivity contribution in [3.05, 3.63) is 64.7 Å². The molecule has 0 fully saturated rings. The Morgan fingerprint density at radius 1 is 1.27 bits per heavy atom. The Morgan fingerprint density at radius 2 is 2.05 bits per heavy atom. The van der Waals surface area contributed by atoms with Crippen molar-refractivity contribution in [3.63, 3.8) is 0 Å². The van der Waals surface area contributed by atoms with Crippen molar-refractivity contribution in [1.29, 1.82) is 0 Å². The summed E-state index contributed by atoms with van der Waals surface area (Å²) in [5, 5.41) is 3.24. The number of carbonyl (C=O) groups is 2. The molecule has 0 unspecified atom stereocenters. The van der Waals surface area contributed by atoms with Gasteiger partial charge in [-0.25, -0.2) is 4.99 Å². The van der Waals surface area contributed by atoms with Gasteiger partial charge in [-0.3, -0.25) is 14.5 Å². The molecule has 2 heterocycles. The minimum absolute atomic E-state index is 0.0498. The highest BCUT2D eigenvalue weighted by molar-refractivity contribution is 6.00. The zero-order valence-corrected chi connectivity index (χ0v) is 22.0. The second kappa shape index (κ2) is 9.82. The van der Waals surface area contributed by atoms with Crippen molar-refractivity contribution in [2.45, 2.75) is 57.7 Å². The number of nitrogens with two attached hydrogens (primary N) is 1. The fraction of sp³-hybridized carbons (Fsp3) is 0.483. The van der Waals surface area contributed by atoms with E-state index in [0.717, 1.165) is 12.0 Å². The molecule has 0 saturated heterocycles. The fourth-order valence-corrected chi connectivity index (χ4v) is 5.95. The standard InChI is InChI=1S/C29H36N4O4/c1-5-29(3)14-24(34)33(28(30)32-29)26-20(15-36-4)16-37-23-11-10-19(13-22(23)26)27(35)31-25-17(2)12-18-8-6-7-9-21(18)25/h6-11,13,17,20,25-26H,5,12,14-16H2,1-4H3,(H2,30,32)(H,31,35)/t17-,20-,25-,26+,29+/m0/s1. The lowest BCUT2D eigenvalue weighted by Gasteiger charge is -2.43. The number of hydrogen-bond donors (Lipinski definition) is 2. The first kappa shape index (κ1) is 25.3. The van der Waals surface area contributed by atoms with Crippen LogP contribution >= 0.6 is 0 Å². The summed E-state index contributed by atoms with van der Waals surface area (Å²) < 4.78 is 11.5. The Bertz CT molecular complexity index is 1240. The third-order valence-corrected chi connectivity index (χ3v) is 8.13. The summed E-state index contributed by atoms with van der Waals surface area (Å²) in [6.45, 7) is 6.86. The highest BCUT2D eigenvalue weighted by atomic mass is 16.5. The van der Waals surface area contributed by atoms with E-state index in [2.05, 4.69) is 24.4 Å². The third-order valence-electron chi connectivity index (χ3n) is 8.13. The lowest BCUT2D eigenvalue weighted by molar-refractivity contribution is -0.133. The topological polar surface area (TPSA) is 106 Å². The Balaban J connectivity index is 1.49. The van der Waals surface area contributed by atoms with Crippen LogP contribution in [0.25, 0.3) is 0 Å². The van der Waals surface area contributed by atoms with E-state index in [1.807, 2.05) is 38.1 Å². The van der Waals surface area contributed by atoms with Gasteiger partial charge in [0, 0.05) is 24.2 Å². The first-order valence-corrected chi connectivity index (χ1v) is 13.1. The summed E-state index contributed by atoms with van der Waals surface area (Å²) in [5.41, 5.74) is 9.62. The van der Waals surface area contributed by atoms with E-state index < -0.39 is 11.6 Å². The number of methoxy groups -OCH3 is 1. The normalized spacial score (nSPS) is 28.7. The number of ether oxygens (including phenoxy) is 2. The second-order valence-electron chi connectivity index (χ2n) is 10.8. The minimum atomic E-state index is -0.515. The second-order valence-corrected chi connectivity index (χ2v) is 10.8. The number of rotatable bonds is 6. The Hall–Kier alpha value is -3.39. The SMILES string of the molecule is CC[C@]1(C)CC(=O)N([C@H]2c3cc(C(=O)N[C@@H]4c5ccccc5C[C@@H]4C)ccc3OC[C@@H]2COC)C(N)=N1. The smallest absolute Gasteiger partial charge is 0.251 e. The lowest BCUT2D eigenvalue weighted by Crippen LogP contribution is -2.55. The van der Waals surface area contributed by atoms with Crippen LogP contribution in [0.5, 0.6) is 5.75 Å². The summed E-state index contributed by atoms with van der Waals surface area (Å²) in [6, 6.07) is 13.2. The van der Waals surface area contributed by atoms with Crippen LogP contribution in [-0.4, -0.2) is 48.5 Å². The molecule has 8 nitrogen and oxygen atoms in total. The van der Waals surface area contributed by atoms with Crippen LogP contribution in [0, 0.1) is 11.8 Å². The van der Waals surface area contributed by atoms with Gasteiger partial charge in [-0.1, -0.05) is 38.1 Å². The maximum absolute atomic E-state index is 13.5. The zero-order valence-electron chi connectivity index (χ0n) is 22.0. The molecule has 1 aliphatic carbocycles. The van der Waals surface area contributed by atoms with Crippen molar-refractivity contribution in [2.24, 2.45) is 22.6 Å². The van der Waals surface area contributed by atoms with Gasteiger partial charge in [0.2, 0.25) is 5.91 Å². The molecule has 0 bridgehead atoms. The number of carbonyl (C=O) groups excluding carboxylic acids is 2. The van der Waals surface area contributed by atoms with E-state index in [1.165, 1.54) is 11.1 Å². The molecule has 3 aliphatic rings. The van der Waals surface area contributed by atoms with Crippen molar-refractivity contribution >= 4 is 17.8 Å². The maximum atomic E-state index is 13.5. The predicted octanol–water partition coefficient (Wildman–Crippen LogP) is 3.76. The highest BCUT2D eigenvalue weighted by Crippen LogP contribution is 2.43. The molecule has 2 amide bonds. The molecule has 3 N–H and O–H groups in total. The van der Waals surface area contributed by atoms with Crippen molar-refractivity contribution < 1.29 is 19.1 Å². The molecule has 0 radical (unpaired) electrons. The quantitative estimate of drug-likeness (QED) is 0.623.